The van der Waals surface area contributed by atoms with Crippen molar-refractivity contribution < 1.29 is 28.8 Å². The molecule has 6 nitrogen and oxygen atoms in total. The molecule has 0 aliphatic heterocycles. The molecule has 1 unspecified atom stereocenters. The molecular weight excluding hydrogens is 199 g/mol. The molecule has 7 heteroatoms. The minimum absolute atomic E-state index is 0.0269. The van der Waals surface area contributed by atoms with Gasteiger partial charge in [0.2, 0.25) is 0 Å². The Hall–Kier alpha value is -0.680. The summed E-state index contributed by atoms with van der Waals surface area (Å²) in [5, 5.41) is 8.41. The molecule has 0 aromatic rings. The van der Waals surface area contributed by atoms with Crippen LogP contribution in [-0.2, 0) is 13.9 Å². The number of aliphatic carboxylic acids is 1. The summed E-state index contributed by atoms with van der Waals surface area (Å²) < 4.78 is 14.5. The van der Waals surface area contributed by atoms with Gasteiger partial charge < -0.3 is 14.9 Å². The van der Waals surface area contributed by atoms with Crippen LogP contribution in [0.2, 0.25) is 0 Å². The summed E-state index contributed by atoms with van der Waals surface area (Å²) in [6, 6.07) is 0. The van der Waals surface area contributed by atoms with Gasteiger partial charge in [0, 0.05) is 5.57 Å². The maximum absolute atomic E-state index is 10.3. The Morgan fingerprint density at radius 3 is 2.31 bits per heavy atom. The first-order valence-corrected chi connectivity index (χ1v) is 4.91. The van der Waals surface area contributed by atoms with Crippen LogP contribution < -0.4 is 0 Å². The van der Waals surface area contributed by atoms with Crippen molar-refractivity contribution in [2.45, 2.75) is 20.0 Å². The number of rotatable bonds is 4. The van der Waals surface area contributed by atoms with Gasteiger partial charge in [0.05, 0.1) is 6.10 Å². The average molecular weight is 210 g/mol. The lowest BCUT2D eigenvalue weighted by atomic mass is 10.2. The van der Waals surface area contributed by atoms with E-state index in [-0.39, 0.29) is 5.57 Å². The zero-order valence-electron chi connectivity index (χ0n) is 7.17. The van der Waals surface area contributed by atoms with Crippen LogP contribution in [0.15, 0.2) is 11.6 Å². The van der Waals surface area contributed by atoms with Gasteiger partial charge in [-0.3, -0.25) is 4.52 Å². The van der Waals surface area contributed by atoms with Gasteiger partial charge in [-0.15, -0.1) is 0 Å². The van der Waals surface area contributed by atoms with E-state index >= 15 is 0 Å². The first-order chi connectivity index (χ1) is 5.72. The van der Waals surface area contributed by atoms with Gasteiger partial charge in [0.1, 0.15) is 0 Å². The second kappa shape index (κ2) is 4.53. The standard InChI is InChI=1S/C6H11O6P/c1-4(6(7)8)3-5(2)12-13(9,10)11/h3,5H,1-2H3,(H,7,8)(H2,9,10,11). The van der Waals surface area contributed by atoms with Crippen LogP contribution in [0, 0.1) is 0 Å². The van der Waals surface area contributed by atoms with Crippen LogP contribution in [0.4, 0.5) is 0 Å². The summed E-state index contributed by atoms with van der Waals surface area (Å²) in [7, 11) is -4.55. The summed E-state index contributed by atoms with van der Waals surface area (Å²) in [5.41, 5.74) is -0.0269. The van der Waals surface area contributed by atoms with Gasteiger partial charge in [-0.25, -0.2) is 9.36 Å². The zero-order valence-corrected chi connectivity index (χ0v) is 8.06. The summed E-state index contributed by atoms with van der Waals surface area (Å²) in [6.45, 7) is 2.65. The number of phosphoric acid groups is 1. The number of carbonyl (C=O) groups is 1. The normalized spacial score (nSPS) is 15.5. The molecule has 0 saturated carbocycles. The molecule has 0 saturated heterocycles. The Kier molecular flexibility index (Phi) is 4.29. The molecule has 0 radical (unpaired) electrons. The molecule has 13 heavy (non-hydrogen) atoms. The molecule has 76 valence electrons. The molecule has 0 aliphatic carbocycles. The van der Waals surface area contributed by atoms with Crippen molar-refractivity contribution >= 4 is 13.8 Å². The largest absolute Gasteiger partial charge is 0.478 e. The highest BCUT2D eigenvalue weighted by molar-refractivity contribution is 7.46. The van der Waals surface area contributed by atoms with Crippen molar-refractivity contribution in [1.29, 1.82) is 0 Å². The van der Waals surface area contributed by atoms with Crippen molar-refractivity contribution in [3.8, 4) is 0 Å². The molecule has 0 rings (SSSR count). The summed E-state index contributed by atoms with van der Waals surface area (Å²) in [5.74, 6) is -1.15. The van der Waals surface area contributed by atoms with Crippen molar-refractivity contribution in [1.82, 2.24) is 0 Å². The van der Waals surface area contributed by atoms with Crippen LogP contribution in [0.25, 0.3) is 0 Å². The molecule has 0 bridgehead atoms. The predicted octanol–water partition coefficient (Wildman–Crippen LogP) is 0.515. The lowest BCUT2D eigenvalue weighted by Gasteiger charge is -2.09. The number of hydrogen-bond acceptors (Lipinski definition) is 3. The fourth-order valence-electron chi connectivity index (χ4n) is 0.670. The highest BCUT2D eigenvalue weighted by atomic mass is 31.2. The van der Waals surface area contributed by atoms with Crippen LogP contribution in [-0.4, -0.2) is 27.0 Å². The van der Waals surface area contributed by atoms with E-state index in [0.29, 0.717) is 0 Å². The molecule has 0 amide bonds. The van der Waals surface area contributed by atoms with E-state index in [9.17, 15) is 9.36 Å². The minimum atomic E-state index is -4.55. The average Bonchev–Trinajstić information content (AvgIpc) is 1.81. The van der Waals surface area contributed by atoms with Gasteiger partial charge in [-0.05, 0) is 19.9 Å². The maximum Gasteiger partial charge on any atom is 0.470 e. The summed E-state index contributed by atoms with van der Waals surface area (Å²) >= 11 is 0. The summed E-state index contributed by atoms with van der Waals surface area (Å²) in [4.78, 5) is 27.0. The van der Waals surface area contributed by atoms with Gasteiger partial charge in [-0.2, -0.15) is 0 Å². The van der Waals surface area contributed by atoms with Gasteiger partial charge in [0.15, 0.2) is 0 Å². The van der Waals surface area contributed by atoms with Crippen molar-refractivity contribution in [3.05, 3.63) is 11.6 Å². The third-order valence-electron chi connectivity index (χ3n) is 1.13. The molecule has 3 N–H and O–H groups in total. The van der Waals surface area contributed by atoms with E-state index in [1.165, 1.54) is 13.8 Å². The quantitative estimate of drug-likeness (QED) is 0.461. The maximum atomic E-state index is 10.3. The minimum Gasteiger partial charge on any atom is -0.478 e. The fraction of sp³-hybridized carbons (Fsp3) is 0.500. The zero-order chi connectivity index (χ0) is 10.6. The van der Waals surface area contributed by atoms with Crippen LogP contribution in [0.1, 0.15) is 13.8 Å². The second-order valence-corrected chi connectivity index (χ2v) is 3.65. The Morgan fingerprint density at radius 2 is 2.00 bits per heavy atom. The van der Waals surface area contributed by atoms with E-state index in [1.807, 2.05) is 0 Å². The Labute approximate surface area is 75.1 Å². The van der Waals surface area contributed by atoms with Crippen molar-refractivity contribution in [3.63, 3.8) is 0 Å². The SMILES string of the molecule is CC(=CC(C)OP(=O)(O)O)C(=O)O. The van der Waals surface area contributed by atoms with Crippen LogP contribution >= 0.6 is 7.82 Å². The van der Waals surface area contributed by atoms with Gasteiger partial charge >= 0.3 is 13.8 Å². The molecule has 0 fully saturated rings. The second-order valence-electron chi connectivity index (χ2n) is 2.46. The van der Waals surface area contributed by atoms with Gasteiger partial charge in [-0.1, -0.05) is 0 Å². The molecule has 1 atom stereocenters. The number of hydrogen-bond donors (Lipinski definition) is 3. The lowest BCUT2D eigenvalue weighted by molar-refractivity contribution is -0.132. The fourth-order valence-corrected chi connectivity index (χ4v) is 1.16. The monoisotopic (exact) mass is 210 g/mol. The van der Waals surface area contributed by atoms with E-state index in [2.05, 4.69) is 4.52 Å². The molecule has 0 aromatic heterocycles. The Balaban J connectivity index is 4.31. The van der Waals surface area contributed by atoms with Crippen molar-refractivity contribution in [2.24, 2.45) is 0 Å². The first-order valence-electron chi connectivity index (χ1n) is 3.38. The van der Waals surface area contributed by atoms with E-state index < -0.39 is 19.9 Å². The Morgan fingerprint density at radius 1 is 1.54 bits per heavy atom. The highest BCUT2D eigenvalue weighted by Gasteiger charge is 2.17. The first kappa shape index (κ1) is 12.3. The Bertz CT molecular complexity index is 264. The van der Waals surface area contributed by atoms with Gasteiger partial charge in [0.25, 0.3) is 0 Å². The van der Waals surface area contributed by atoms with Crippen molar-refractivity contribution in [2.75, 3.05) is 0 Å². The number of carboxylic acids is 1. The molecule has 0 aromatic carbocycles. The third-order valence-corrected chi connectivity index (χ3v) is 1.73. The van der Waals surface area contributed by atoms with E-state index in [0.717, 1.165) is 6.08 Å². The lowest BCUT2D eigenvalue weighted by Crippen LogP contribution is -2.06. The topological polar surface area (TPSA) is 104 Å². The third kappa shape index (κ3) is 6.48. The highest BCUT2D eigenvalue weighted by Crippen LogP contribution is 2.37. The smallest absolute Gasteiger partial charge is 0.470 e. The summed E-state index contributed by atoms with van der Waals surface area (Å²) in [6.07, 6.45) is 0.179. The predicted molar refractivity (Wildman–Crippen MR) is 44.0 cm³/mol. The number of carboxylic acid groups (broad SMARTS) is 1. The molecule has 0 spiro atoms. The molecule has 0 heterocycles. The van der Waals surface area contributed by atoms with E-state index in [1.54, 1.807) is 0 Å². The van der Waals surface area contributed by atoms with Crippen LogP contribution in [0.5, 0.6) is 0 Å². The van der Waals surface area contributed by atoms with Crippen LogP contribution in [0.3, 0.4) is 0 Å². The number of phosphoric ester groups is 1. The molecular formula is C6H11O6P. The van der Waals surface area contributed by atoms with E-state index in [4.69, 9.17) is 14.9 Å². The molecule has 0 aliphatic rings.